The van der Waals surface area contributed by atoms with Gasteiger partial charge in [0.15, 0.2) is 0 Å². The molecule has 1 rings (SSSR count). The average molecular weight is 204 g/mol. The highest BCUT2D eigenvalue weighted by Gasteiger charge is 2.17. The minimum absolute atomic E-state index is 0.0316. The number of hydrogen-bond acceptors (Lipinski definition) is 4. The van der Waals surface area contributed by atoms with Crippen LogP contribution in [0.4, 0.5) is 6.01 Å². The first-order valence-corrected chi connectivity index (χ1v) is 4.77. The van der Waals surface area contributed by atoms with E-state index in [0.717, 1.165) is 6.42 Å². The zero-order valence-electron chi connectivity index (χ0n) is 8.09. The Hall–Kier alpha value is -0.770. The summed E-state index contributed by atoms with van der Waals surface area (Å²) in [5.41, 5.74) is -0.0316. The molecule has 13 heavy (non-hydrogen) atoms. The summed E-state index contributed by atoms with van der Waals surface area (Å²) in [6.07, 6.45) is 0.978. The van der Waals surface area contributed by atoms with Crippen LogP contribution in [0.15, 0.2) is 4.42 Å². The fourth-order valence-corrected chi connectivity index (χ4v) is 0.844. The smallest absolute Gasteiger partial charge is 0.315 e. The van der Waals surface area contributed by atoms with Crippen molar-refractivity contribution in [3.63, 3.8) is 0 Å². The number of hydrogen-bond donors (Lipinski definition) is 1. The van der Waals surface area contributed by atoms with Gasteiger partial charge in [0.05, 0.1) is 0 Å². The van der Waals surface area contributed by atoms with E-state index in [4.69, 9.17) is 16.0 Å². The molecule has 0 unspecified atom stereocenters. The maximum absolute atomic E-state index is 5.52. The zero-order valence-corrected chi connectivity index (χ0v) is 8.85. The second-order valence-corrected chi connectivity index (χ2v) is 3.76. The Bertz CT molecular complexity index is 272. The Morgan fingerprint density at radius 3 is 2.62 bits per heavy atom. The summed E-state index contributed by atoms with van der Waals surface area (Å²) in [4.78, 5) is 0. The van der Waals surface area contributed by atoms with E-state index in [1.54, 1.807) is 0 Å². The van der Waals surface area contributed by atoms with Crippen molar-refractivity contribution in [2.75, 3.05) is 5.32 Å². The Balaban J connectivity index is 2.63. The van der Waals surface area contributed by atoms with E-state index in [2.05, 4.69) is 36.3 Å². The predicted octanol–water partition coefficient (Wildman–Crippen LogP) is 2.41. The molecule has 0 bridgehead atoms. The zero-order chi connectivity index (χ0) is 9.90. The Labute approximate surface area is 82.7 Å². The molecule has 0 radical (unpaired) electrons. The Morgan fingerprint density at radius 1 is 1.46 bits per heavy atom. The minimum atomic E-state index is -0.0316. The first-order chi connectivity index (χ1) is 6.07. The molecule has 0 amide bonds. The highest BCUT2D eigenvalue weighted by atomic mass is 35.5. The summed E-state index contributed by atoms with van der Waals surface area (Å²) in [6, 6.07) is 0.433. The normalized spacial score (nSPS) is 11.7. The van der Waals surface area contributed by atoms with Crippen LogP contribution in [-0.4, -0.2) is 15.7 Å². The molecule has 1 N–H and O–H groups in total. The van der Waals surface area contributed by atoms with Gasteiger partial charge >= 0.3 is 6.01 Å². The van der Waals surface area contributed by atoms with Crippen LogP contribution in [0.2, 0.25) is 0 Å². The predicted molar refractivity (Wildman–Crippen MR) is 51.8 cm³/mol. The molecule has 0 aliphatic carbocycles. The van der Waals surface area contributed by atoms with Crippen molar-refractivity contribution in [1.29, 1.82) is 0 Å². The van der Waals surface area contributed by atoms with Gasteiger partial charge in [0, 0.05) is 5.54 Å². The van der Waals surface area contributed by atoms with Gasteiger partial charge in [0.1, 0.15) is 5.88 Å². The van der Waals surface area contributed by atoms with Gasteiger partial charge in [-0.3, -0.25) is 0 Å². The van der Waals surface area contributed by atoms with Crippen LogP contribution < -0.4 is 5.32 Å². The first-order valence-electron chi connectivity index (χ1n) is 4.24. The molecule has 0 atom stereocenters. The summed E-state index contributed by atoms with van der Waals surface area (Å²) >= 11 is 5.52. The monoisotopic (exact) mass is 203 g/mol. The van der Waals surface area contributed by atoms with Gasteiger partial charge in [0.2, 0.25) is 5.89 Å². The second kappa shape index (κ2) is 3.96. The van der Waals surface area contributed by atoms with E-state index < -0.39 is 0 Å². The van der Waals surface area contributed by atoms with E-state index in [1.165, 1.54) is 0 Å². The van der Waals surface area contributed by atoms with Crippen molar-refractivity contribution in [2.45, 2.75) is 38.6 Å². The lowest BCUT2D eigenvalue weighted by Crippen LogP contribution is -2.29. The van der Waals surface area contributed by atoms with Crippen LogP contribution in [0.25, 0.3) is 0 Å². The molecule has 0 saturated carbocycles. The number of halogens is 1. The van der Waals surface area contributed by atoms with Crippen molar-refractivity contribution in [3.05, 3.63) is 5.89 Å². The maximum Gasteiger partial charge on any atom is 0.315 e. The number of anilines is 1. The molecule has 0 aliphatic rings. The molecule has 1 aromatic rings. The number of nitrogens with zero attached hydrogens (tertiary/aromatic N) is 2. The lowest BCUT2D eigenvalue weighted by molar-refractivity contribution is 0.479. The number of nitrogens with one attached hydrogen (secondary N) is 1. The fourth-order valence-electron chi connectivity index (χ4n) is 0.736. The quantitative estimate of drug-likeness (QED) is 0.764. The van der Waals surface area contributed by atoms with Crippen LogP contribution >= 0.6 is 11.6 Å². The average Bonchev–Trinajstić information content (AvgIpc) is 2.52. The third kappa shape index (κ3) is 2.88. The third-order valence-electron chi connectivity index (χ3n) is 1.91. The van der Waals surface area contributed by atoms with Crippen molar-refractivity contribution >= 4 is 17.6 Å². The molecule has 74 valence electrons. The van der Waals surface area contributed by atoms with E-state index in [1.807, 2.05) is 0 Å². The second-order valence-electron chi connectivity index (χ2n) is 3.50. The largest absolute Gasteiger partial charge is 0.407 e. The van der Waals surface area contributed by atoms with E-state index in [9.17, 15) is 0 Å². The molecule has 0 aromatic carbocycles. The van der Waals surface area contributed by atoms with Gasteiger partial charge in [0.25, 0.3) is 0 Å². The van der Waals surface area contributed by atoms with Crippen LogP contribution in [-0.2, 0) is 5.88 Å². The maximum atomic E-state index is 5.52. The van der Waals surface area contributed by atoms with Crippen LogP contribution in [0, 0.1) is 0 Å². The summed E-state index contributed by atoms with van der Waals surface area (Å²) in [5, 5.41) is 10.7. The van der Waals surface area contributed by atoms with Gasteiger partial charge in [-0.15, -0.1) is 16.7 Å². The van der Waals surface area contributed by atoms with Crippen LogP contribution in [0.3, 0.4) is 0 Å². The van der Waals surface area contributed by atoms with Gasteiger partial charge in [-0.1, -0.05) is 12.0 Å². The van der Waals surface area contributed by atoms with E-state index in [-0.39, 0.29) is 11.4 Å². The molecule has 5 heteroatoms. The summed E-state index contributed by atoms with van der Waals surface area (Å²) in [5.74, 6) is 0.692. The van der Waals surface area contributed by atoms with Gasteiger partial charge < -0.3 is 9.73 Å². The number of rotatable bonds is 4. The SMILES string of the molecule is CCC(C)(C)Nc1nnc(CCl)o1. The van der Waals surface area contributed by atoms with Gasteiger partial charge in [-0.05, 0) is 20.3 Å². The minimum Gasteiger partial charge on any atom is -0.407 e. The van der Waals surface area contributed by atoms with Crippen LogP contribution in [0.1, 0.15) is 33.1 Å². The molecular formula is C8H14ClN3O. The summed E-state index contributed by atoms with van der Waals surface area (Å²) < 4.78 is 5.21. The molecule has 0 fully saturated rings. The Morgan fingerprint density at radius 2 is 2.15 bits per heavy atom. The lowest BCUT2D eigenvalue weighted by Gasteiger charge is -2.22. The highest BCUT2D eigenvalue weighted by molar-refractivity contribution is 6.16. The molecule has 0 aliphatic heterocycles. The van der Waals surface area contributed by atoms with Crippen molar-refractivity contribution < 1.29 is 4.42 Å². The molecule has 0 saturated heterocycles. The number of alkyl halides is 1. The van der Waals surface area contributed by atoms with E-state index >= 15 is 0 Å². The molecule has 4 nitrogen and oxygen atoms in total. The summed E-state index contributed by atoms with van der Waals surface area (Å²) in [6.45, 7) is 6.22. The van der Waals surface area contributed by atoms with Gasteiger partial charge in [-0.25, -0.2) is 0 Å². The first kappa shape index (κ1) is 10.3. The van der Waals surface area contributed by atoms with Crippen LogP contribution in [0.5, 0.6) is 0 Å². The highest BCUT2D eigenvalue weighted by Crippen LogP contribution is 2.16. The van der Waals surface area contributed by atoms with E-state index in [0.29, 0.717) is 11.9 Å². The topological polar surface area (TPSA) is 51.0 Å². The molecule has 0 spiro atoms. The molecule has 1 aromatic heterocycles. The number of aromatic nitrogens is 2. The standard InChI is InChI=1S/C8H14ClN3O/c1-4-8(2,3)10-7-12-11-6(5-9)13-7/h4-5H2,1-3H3,(H,10,12). The van der Waals surface area contributed by atoms with Gasteiger partial charge in [-0.2, -0.15) is 0 Å². The summed E-state index contributed by atoms with van der Waals surface area (Å²) in [7, 11) is 0. The lowest BCUT2D eigenvalue weighted by atomic mass is 10.0. The van der Waals surface area contributed by atoms with Crippen molar-refractivity contribution in [3.8, 4) is 0 Å². The van der Waals surface area contributed by atoms with Crippen molar-refractivity contribution in [1.82, 2.24) is 10.2 Å². The fraction of sp³-hybridized carbons (Fsp3) is 0.750. The molecule has 1 heterocycles. The third-order valence-corrected chi connectivity index (χ3v) is 2.14. The molecular weight excluding hydrogens is 190 g/mol. The van der Waals surface area contributed by atoms with Crippen molar-refractivity contribution in [2.24, 2.45) is 0 Å². The Kier molecular flexibility index (Phi) is 3.14.